The van der Waals surface area contributed by atoms with Gasteiger partial charge in [0.15, 0.2) is 9.84 Å². The molecular formula is C10H13NO2S. The van der Waals surface area contributed by atoms with Crippen molar-refractivity contribution in [1.29, 1.82) is 0 Å². The predicted octanol–water partition coefficient (Wildman–Crippen LogP) is 1.29. The molecule has 1 atom stereocenters. The first kappa shape index (κ1) is 9.52. The first-order valence-corrected chi connectivity index (χ1v) is 6.50. The number of nitrogens with one attached hydrogen (secondary N) is 1. The monoisotopic (exact) mass is 211 g/mol. The molecule has 0 spiro atoms. The molecule has 0 aliphatic carbocycles. The SMILES string of the molecule is O=S1(=O)CC[C@H](Nc2ccccc2)C1. The highest BCUT2D eigenvalue weighted by molar-refractivity contribution is 7.91. The van der Waals surface area contributed by atoms with Crippen molar-refractivity contribution in [2.24, 2.45) is 0 Å². The van der Waals surface area contributed by atoms with E-state index in [1.54, 1.807) is 0 Å². The molecule has 76 valence electrons. The molecule has 1 heterocycles. The van der Waals surface area contributed by atoms with Crippen LogP contribution in [0.4, 0.5) is 5.69 Å². The van der Waals surface area contributed by atoms with Crippen LogP contribution in [0.3, 0.4) is 0 Å². The van der Waals surface area contributed by atoms with Crippen LogP contribution in [0, 0.1) is 0 Å². The summed E-state index contributed by atoms with van der Waals surface area (Å²) in [5.41, 5.74) is 0.995. The van der Waals surface area contributed by atoms with Crippen molar-refractivity contribution in [3.05, 3.63) is 30.3 Å². The van der Waals surface area contributed by atoms with E-state index in [9.17, 15) is 8.42 Å². The third kappa shape index (κ3) is 2.26. The molecule has 0 bridgehead atoms. The average Bonchev–Trinajstić information content (AvgIpc) is 2.47. The smallest absolute Gasteiger partial charge is 0.152 e. The van der Waals surface area contributed by atoms with E-state index in [0.717, 1.165) is 12.1 Å². The van der Waals surface area contributed by atoms with Crippen molar-refractivity contribution in [3.63, 3.8) is 0 Å². The summed E-state index contributed by atoms with van der Waals surface area (Å²) in [4.78, 5) is 0. The lowest BCUT2D eigenvalue weighted by atomic mass is 10.2. The highest BCUT2D eigenvalue weighted by atomic mass is 32.2. The summed E-state index contributed by atoms with van der Waals surface area (Å²) in [6.07, 6.45) is 0.719. The van der Waals surface area contributed by atoms with Gasteiger partial charge in [0.05, 0.1) is 11.5 Å². The zero-order chi connectivity index (χ0) is 10.0. The van der Waals surface area contributed by atoms with Crippen LogP contribution in [0.5, 0.6) is 0 Å². The Morgan fingerprint density at radius 1 is 1.21 bits per heavy atom. The number of hydrogen-bond donors (Lipinski definition) is 1. The molecule has 1 aliphatic heterocycles. The topological polar surface area (TPSA) is 46.2 Å². The van der Waals surface area contributed by atoms with Crippen molar-refractivity contribution in [3.8, 4) is 0 Å². The van der Waals surface area contributed by atoms with E-state index in [0.29, 0.717) is 5.75 Å². The Hall–Kier alpha value is -1.03. The average molecular weight is 211 g/mol. The van der Waals surface area contributed by atoms with Crippen LogP contribution < -0.4 is 5.32 Å². The molecule has 2 rings (SSSR count). The lowest BCUT2D eigenvalue weighted by molar-refractivity contribution is 0.602. The van der Waals surface area contributed by atoms with Gasteiger partial charge >= 0.3 is 0 Å². The molecule has 0 saturated carbocycles. The fourth-order valence-corrected chi connectivity index (χ4v) is 3.35. The molecule has 0 radical (unpaired) electrons. The summed E-state index contributed by atoms with van der Waals surface area (Å²) in [7, 11) is -2.78. The van der Waals surface area contributed by atoms with Crippen LogP contribution in [0.2, 0.25) is 0 Å². The number of rotatable bonds is 2. The largest absolute Gasteiger partial charge is 0.381 e. The molecule has 14 heavy (non-hydrogen) atoms. The van der Waals surface area contributed by atoms with E-state index >= 15 is 0 Å². The molecule has 1 aromatic carbocycles. The zero-order valence-electron chi connectivity index (χ0n) is 7.81. The molecular weight excluding hydrogens is 198 g/mol. The van der Waals surface area contributed by atoms with Gasteiger partial charge < -0.3 is 5.32 Å². The minimum absolute atomic E-state index is 0.0856. The molecule has 1 saturated heterocycles. The zero-order valence-corrected chi connectivity index (χ0v) is 8.63. The molecule has 0 amide bonds. The van der Waals surface area contributed by atoms with Crippen molar-refractivity contribution in [2.45, 2.75) is 12.5 Å². The normalized spacial score (nSPS) is 24.7. The van der Waals surface area contributed by atoms with E-state index in [4.69, 9.17) is 0 Å². The van der Waals surface area contributed by atoms with Crippen LogP contribution >= 0.6 is 0 Å². The third-order valence-electron chi connectivity index (χ3n) is 2.38. The molecule has 3 nitrogen and oxygen atoms in total. The van der Waals surface area contributed by atoms with Crippen LogP contribution in [-0.2, 0) is 9.84 Å². The Morgan fingerprint density at radius 3 is 2.50 bits per heavy atom. The summed E-state index contributed by atoms with van der Waals surface area (Å²) in [5, 5.41) is 3.22. The first-order chi connectivity index (χ1) is 6.66. The van der Waals surface area contributed by atoms with Gasteiger partial charge in [0.2, 0.25) is 0 Å². The summed E-state index contributed by atoms with van der Waals surface area (Å²) >= 11 is 0. The standard InChI is InChI=1S/C10H13NO2S/c12-14(13)7-6-10(8-14)11-9-4-2-1-3-5-9/h1-5,10-11H,6-8H2/t10-/m0/s1. The van der Waals surface area contributed by atoms with Gasteiger partial charge in [0.1, 0.15) is 0 Å². The lowest BCUT2D eigenvalue weighted by Crippen LogP contribution is -2.20. The summed E-state index contributed by atoms with van der Waals surface area (Å²) in [6.45, 7) is 0. The highest BCUT2D eigenvalue weighted by Gasteiger charge is 2.27. The maximum atomic E-state index is 11.2. The van der Waals surface area contributed by atoms with Crippen LogP contribution in [0.25, 0.3) is 0 Å². The van der Waals surface area contributed by atoms with Crippen LogP contribution in [0.15, 0.2) is 30.3 Å². The molecule has 4 heteroatoms. The quantitative estimate of drug-likeness (QED) is 0.801. The third-order valence-corrected chi connectivity index (χ3v) is 4.14. The van der Waals surface area contributed by atoms with Gasteiger partial charge in [-0.05, 0) is 18.6 Å². The van der Waals surface area contributed by atoms with E-state index in [-0.39, 0.29) is 11.8 Å². The number of anilines is 1. The molecule has 1 N–H and O–H groups in total. The Bertz CT molecular complexity index is 399. The van der Waals surface area contributed by atoms with E-state index in [2.05, 4.69) is 5.32 Å². The number of para-hydroxylation sites is 1. The van der Waals surface area contributed by atoms with Gasteiger partial charge in [-0.2, -0.15) is 0 Å². The summed E-state index contributed by atoms with van der Waals surface area (Å²) in [5.74, 6) is 0.583. The van der Waals surface area contributed by atoms with Gasteiger partial charge in [0.25, 0.3) is 0 Å². The van der Waals surface area contributed by atoms with Crippen molar-refractivity contribution < 1.29 is 8.42 Å². The Morgan fingerprint density at radius 2 is 1.93 bits per heavy atom. The van der Waals surface area contributed by atoms with Crippen molar-refractivity contribution >= 4 is 15.5 Å². The lowest BCUT2D eigenvalue weighted by Gasteiger charge is -2.11. The Kier molecular flexibility index (Phi) is 2.46. The van der Waals surface area contributed by atoms with E-state index in [1.807, 2.05) is 30.3 Å². The van der Waals surface area contributed by atoms with Gasteiger partial charge in [-0.15, -0.1) is 0 Å². The van der Waals surface area contributed by atoms with Gasteiger partial charge in [-0.25, -0.2) is 8.42 Å². The number of hydrogen-bond acceptors (Lipinski definition) is 3. The highest BCUT2D eigenvalue weighted by Crippen LogP contribution is 2.16. The second-order valence-electron chi connectivity index (χ2n) is 3.61. The van der Waals surface area contributed by atoms with E-state index < -0.39 is 9.84 Å². The van der Waals surface area contributed by atoms with Crippen molar-refractivity contribution in [1.82, 2.24) is 0 Å². The van der Waals surface area contributed by atoms with Gasteiger partial charge in [-0.3, -0.25) is 0 Å². The van der Waals surface area contributed by atoms with Crippen LogP contribution in [-0.4, -0.2) is 26.0 Å². The van der Waals surface area contributed by atoms with Crippen molar-refractivity contribution in [2.75, 3.05) is 16.8 Å². The van der Waals surface area contributed by atoms with Crippen LogP contribution in [0.1, 0.15) is 6.42 Å². The van der Waals surface area contributed by atoms with Gasteiger partial charge in [-0.1, -0.05) is 18.2 Å². The fraction of sp³-hybridized carbons (Fsp3) is 0.400. The molecule has 0 unspecified atom stereocenters. The number of sulfone groups is 1. The van der Waals surface area contributed by atoms with Gasteiger partial charge in [0, 0.05) is 11.7 Å². The first-order valence-electron chi connectivity index (χ1n) is 4.68. The molecule has 0 aromatic heterocycles. The fourth-order valence-electron chi connectivity index (χ4n) is 1.68. The second kappa shape index (κ2) is 3.61. The maximum Gasteiger partial charge on any atom is 0.152 e. The predicted molar refractivity (Wildman–Crippen MR) is 57.1 cm³/mol. The minimum atomic E-state index is -2.78. The second-order valence-corrected chi connectivity index (χ2v) is 5.84. The maximum absolute atomic E-state index is 11.2. The molecule has 1 aliphatic rings. The molecule has 1 fully saturated rings. The number of benzene rings is 1. The summed E-state index contributed by atoms with van der Waals surface area (Å²) in [6, 6.07) is 9.80. The van der Waals surface area contributed by atoms with E-state index in [1.165, 1.54) is 0 Å². The Balaban J connectivity index is 2.01. The Labute approximate surface area is 84.1 Å². The minimum Gasteiger partial charge on any atom is -0.381 e. The summed E-state index contributed by atoms with van der Waals surface area (Å²) < 4.78 is 22.4. The molecule has 1 aromatic rings.